The molecule has 1 fully saturated rings. The van der Waals surface area contributed by atoms with E-state index in [2.05, 4.69) is 10.6 Å². The second kappa shape index (κ2) is 10.2. The summed E-state index contributed by atoms with van der Waals surface area (Å²) in [6.07, 6.45) is 1.06. The number of benzene rings is 2. The Balaban J connectivity index is 1.52. The Morgan fingerprint density at radius 3 is 2.14 bits per heavy atom. The van der Waals surface area contributed by atoms with Crippen molar-refractivity contribution in [3.05, 3.63) is 54.1 Å². The van der Waals surface area contributed by atoms with Gasteiger partial charge in [-0.15, -0.1) is 11.3 Å². The zero-order chi connectivity index (χ0) is 26.1. The molecule has 0 bridgehead atoms. The SMILES string of the molecule is CCNC(=O)Nc1sc2ccccc2c1C(=O)N1CCN(S(=O)(=O)c2ccc(S(C)(=O)=O)cc2)CC1. The molecule has 1 aromatic heterocycles. The van der Waals surface area contributed by atoms with Crippen LogP contribution in [0.4, 0.5) is 9.80 Å². The molecule has 0 aliphatic carbocycles. The Hall–Kier alpha value is -3.00. The summed E-state index contributed by atoms with van der Waals surface area (Å²) in [6, 6.07) is 12.1. The molecular weight excluding hydrogens is 524 g/mol. The highest BCUT2D eigenvalue weighted by Gasteiger charge is 2.32. The molecule has 1 saturated heterocycles. The topological polar surface area (TPSA) is 133 Å². The van der Waals surface area contributed by atoms with Gasteiger partial charge in [-0.2, -0.15) is 4.31 Å². The number of fused-ring (bicyclic) bond motifs is 1. The number of thiophene rings is 1. The highest BCUT2D eigenvalue weighted by atomic mass is 32.2. The zero-order valence-electron chi connectivity index (χ0n) is 19.7. The number of anilines is 1. The number of nitrogens with one attached hydrogen (secondary N) is 2. The van der Waals surface area contributed by atoms with E-state index in [0.29, 0.717) is 17.1 Å². The fraction of sp³-hybridized carbons (Fsp3) is 0.304. The maximum atomic E-state index is 13.5. The first-order valence-corrected chi connectivity index (χ1v) is 15.3. The number of piperazine rings is 1. The Bertz CT molecular complexity index is 1510. The van der Waals surface area contributed by atoms with Gasteiger partial charge in [-0.3, -0.25) is 10.1 Å². The standard InChI is InChI=1S/C23H26N4O6S3/c1-3-24-23(29)25-21-20(18-6-4-5-7-19(18)34-21)22(28)26-12-14-27(15-13-26)36(32,33)17-10-8-16(9-11-17)35(2,30)31/h4-11H,3,12-15H2,1-2H3,(H2,24,25,29). The molecule has 0 atom stereocenters. The van der Waals surface area contributed by atoms with Crippen molar-refractivity contribution in [3.8, 4) is 0 Å². The fourth-order valence-electron chi connectivity index (χ4n) is 3.95. The lowest BCUT2D eigenvalue weighted by Crippen LogP contribution is -2.50. The quantitative estimate of drug-likeness (QED) is 0.485. The van der Waals surface area contributed by atoms with Crippen LogP contribution in [-0.4, -0.2) is 77.0 Å². The number of nitrogens with zero attached hydrogens (tertiary/aromatic N) is 2. The Morgan fingerprint density at radius 1 is 0.917 bits per heavy atom. The molecule has 0 saturated carbocycles. The van der Waals surface area contributed by atoms with E-state index >= 15 is 0 Å². The summed E-state index contributed by atoms with van der Waals surface area (Å²) in [4.78, 5) is 27.3. The van der Waals surface area contributed by atoms with Crippen LogP contribution in [0.3, 0.4) is 0 Å². The minimum Gasteiger partial charge on any atom is -0.338 e. The largest absolute Gasteiger partial charge is 0.338 e. The second-order valence-electron chi connectivity index (χ2n) is 8.23. The van der Waals surface area contributed by atoms with Crippen LogP contribution in [0.5, 0.6) is 0 Å². The number of sulfone groups is 1. The number of hydrogen-bond donors (Lipinski definition) is 2. The third kappa shape index (κ3) is 5.24. The first-order chi connectivity index (χ1) is 17.0. The molecular formula is C23H26N4O6S3. The highest BCUT2D eigenvalue weighted by Crippen LogP contribution is 2.36. The highest BCUT2D eigenvalue weighted by molar-refractivity contribution is 7.90. The number of carbonyl (C=O) groups is 2. The normalized spacial score (nSPS) is 15.1. The van der Waals surface area contributed by atoms with E-state index in [1.807, 2.05) is 24.3 Å². The number of hydrogen-bond acceptors (Lipinski definition) is 7. The van der Waals surface area contributed by atoms with Crippen LogP contribution in [-0.2, 0) is 19.9 Å². The van der Waals surface area contributed by atoms with E-state index in [1.54, 1.807) is 11.8 Å². The van der Waals surface area contributed by atoms with E-state index in [1.165, 1.54) is 39.9 Å². The molecule has 2 N–H and O–H groups in total. The number of amides is 3. The van der Waals surface area contributed by atoms with Gasteiger partial charge in [0.25, 0.3) is 5.91 Å². The summed E-state index contributed by atoms with van der Waals surface area (Å²) in [5.74, 6) is -0.284. The smallest absolute Gasteiger partial charge is 0.319 e. The van der Waals surface area contributed by atoms with Crippen LogP contribution < -0.4 is 10.6 Å². The van der Waals surface area contributed by atoms with E-state index < -0.39 is 25.9 Å². The van der Waals surface area contributed by atoms with Crippen molar-refractivity contribution < 1.29 is 26.4 Å². The molecule has 3 aromatic rings. The first-order valence-electron chi connectivity index (χ1n) is 11.2. The van der Waals surface area contributed by atoms with Gasteiger partial charge in [0, 0.05) is 49.1 Å². The van der Waals surface area contributed by atoms with Gasteiger partial charge in [-0.25, -0.2) is 21.6 Å². The molecule has 13 heteroatoms. The summed E-state index contributed by atoms with van der Waals surface area (Å²) in [5, 5.41) is 6.58. The minimum absolute atomic E-state index is 0.00747. The van der Waals surface area contributed by atoms with Gasteiger partial charge >= 0.3 is 6.03 Å². The Labute approximate surface area is 213 Å². The lowest BCUT2D eigenvalue weighted by Gasteiger charge is -2.34. The lowest BCUT2D eigenvalue weighted by atomic mass is 10.1. The van der Waals surface area contributed by atoms with Crippen molar-refractivity contribution in [1.29, 1.82) is 0 Å². The second-order valence-corrected chi connectivity index (χ2v) is 13.2. The third-order valence-electron chi connectivity index (χ3n) is 5.79. The molecule has 2 aromatic carbocycles. The molecule has 0 radical (unpaired) electrons. The molecule has 192 valence electrons. The van der Waals surface area contributed by atoms with Crippen LogP contribution in [0.25, 0.3) is 10.1 Å². The summed E-state index contributed by atoms with van der Waals surface area (Å²) in [6.45, 7) is 2.75. The predicted molar refractivity (Wildman–Crippen MR) is 139 cm³/mol. The molecule has 0 unspecified atom stereocenters. The molecule has 10 nitrogen and oxygen atoms in total. The Morgan fingerprint density at radius 2 is 1.53 bits per heavy atom. The van der Waals surface area contributed by atoms with Crippen LogP contribution >= 0.6 is 11.3 Å². The van der Waals surface area contributed by atoms with Crippen molar-refractivity contribution in [1.82, 2.24) is 14.5 Å². The maximum absolute atomic E-state index is 13.5. The average Bonchev–Trinajstić information content (AvgIpc) is 3.21. The van der Waals surface area contributed by atoms with Crippen molar-refractivity contribution in [2.75, 3.05) is 44.3 Å². The van der Waals surface area contributed by atoms with Crippen molar-refractivity contribution in [3.63, 3.8) is 0 Å². The zero-order valence-corrected chi connectivity index (χ0v) is 22.2. The molecule has 36 heavy (non-hydrogen) atoms. The number of sulfonamides is 1. The Kier molecular flexibility index (Phi) is 7.36. The summed E-state index contributed by atoms with van der Waals surface area (Å²) in [7, 11) is -7.30. The van der Waals surface area contributed by atoms with Crippen molar-refractivity contribution in [2.24, 2.45) is 0 Å². The first kappa shape index (κ1) is 26.1. The van der Waals surface area contributed by atoms with Crippen molar-refractivity contribution >= 4 is 58.2 Å². The summed E-state index contributed by atoms with van der Waals surface area (Å²) in [5.41, 5.74) is 0.384. The van der Waals surface area contributed by atoms with Crippen LogP contribution in [0.1, 0.15) is 17.3 Å². The molecule has 3 amide bonds. The monoisotopic (exact) mass is 550 g/mol. The molecule has 2 heterocycles. The van der Waals surface area contributed by atoms with Gasteiger partial charge < -0.3 is 10.2 Å². The van der Waals surface area contributed by atoms with E-state index in [9.17, 15) is 26.4 Å². The van der Waals surface area contributed by atoms with Gasteiger partial charge in [-0.05, 0) is 37.3 Å². The molecule has 4 rings (SSSR count). The molecule has 0 spiro atoms. The minimum atomic E-state index is -3.85. The van der Waals surface area contributed by atoms with Crippen LogP contribution in [0.2, 0.25) is 0 Å². The van der Waals surface area contributed by atoms with E-state index in [-0.39, 0.29) is 41.9 Å². The van der Waals surface area contributed by atoms with Gasteiger partial charge in [0.05, 0.1) is 15.4 Å². The third-order valence-corrected chi connectivity index (χ3v) is 9.92. The van der Waals surface area contributed by atoms with Crippen LogP contribution in [0, 0.1) is 0 Å². The van der Waals surface area contributed by atoms with Gasteiger partial charge in [0.15, 0.2) is 9.84 Å². The predicted octanol–water partition coefficient (Wildman–Crippen LogP) is 2.59. The van der Waals surface area contributed by atoms with Gasteiger partial charge in [0.2, 0.25) is 10.0 Å². The van der Waals surface area contributed by atoms with Crippen LogP contribution in [0.15, 0.2) is 58.3 Å². The summed E-state index contributed by atoms with van der Waals surface area (Å²) >= 11 is 1.31. The number of rotatable bonds is 6. The van der Waals surface area contributed by atoms with E-state index in [0.717, 1.165) is 16.3 Å². The molecule has 1 aliphatic heterocycles. The summed E-state index contributed by atoms with van der Waals surface area (Å²) < 4.78 is 51.6. The fourth-order valence-corrected chi connectivity index (χ4v) is 7.09. The van der Waals surface area contributed by atoms with Gasteiger partial charge in [0.1, 0.15) is 5.00 Å². The lowest BCUT2D eigenvalue weighted by molar-refractivity contribution is 0.0701. The van der Waals surface area contributed by atoms with Crippen molar-refractivity contribution in [2.45, 2.75) is 16.7 Å². The maximum Gasteiger partial charge on any atom is 0.319 e. The number of carbonyl (C=O) groups excluding carboxylic acids is 2. The van der Waals surface area contributed by atoms with Gasteiger partial charge in [-0.1, -0.05) is 18.2 Å². The van der Waals surface area contributed by atoms with E-state index in [4.69, 9.17) is 0 Å². The number of urea groups is 1. The average molecular weight is 551 g/mol. The molecule has 1 aliphatic rings.